The standard InChI is InChI=1S/C14H24N2O2/c1-9(2)13(3)7-11(17)16(12(13)18)14(4,8-15)10-5-6-10/h9-10H,5-8,15H2,1-4H3. The summed E-state index contributed by atoms with van der Waals surface area (Å²) in [6, 6.07) is 0. The smallest absolute Gasteiger partial charge is 0.236 e. The number of rotatable bonds is 4. The van der Waals surface area contributed by atoms with Crippen molar-refractivity contribution in [2.75, 3.05) is 6.54 Å². The van der Waals surface area contributed by atoms with Crippen LogP contribution in [-0.2, 0) is 9.59 Å². The summed E-state index contributed by atoms with van der Waals surface area (Å²) < 4.78 is 0. The second-order valence-corrected chi connectivity index (χ2v) is 6.62. The highest BCUT2D eigenvalue weighted by Gasteiger charge is 2.58. The van der Waals surface area contributed by atoms with Gasteiger partial charge in [-0.15, -0.1) is 0 Å². The van der Waals surface area contributed by atoms with Gasteiger partial charge >= 0.3 is 0 Å². The van der Waals surface area contributed by atoms with Gasteiger partial charge in [-0.3, -0.25) is 14.5 Å². The monoisotopic (exact) mass is 252 g/mol. The van der Waals surface area contributed by atoms with Gasteiger partial charge in [-0.2, -0.15) is 0 Å². The number of hydrogen-bond acceptors (Lipinski definition) is 3. The van der Waals surface area contributed by atoms with E-state index in [-0.39, 0.29) is 17.7 Å². The SMILES string of the molecule is CC(C)C1(C)CC(=O)N(C(C)(CN)C2CC2)C1=O. The number of amides is 2. The molecule has 1 aliphatic heterocycles. The predicted octanol–water partition coefficient (Wildman–Crippen LogP) is 1.53. The lowest BCUT2D eigenvalue weighted by Gasteiger charge is -2.38. The maximum Gasteiger partial charge on any atom is 0.236 e. The Morgan fingerprint density at radius 1 is 1.44 bits per heavy atom. The second-order valence-electron chi connectivity index (χ2n) is 6.62. The summed E-state index contributed by atoms with van der Waals surface area (Å²) in [5, 5.41) is 0. The summed E-state index contributed by atoms with van der Waals surface area (Å²) in [4.78, 5) is 26.4. The average Bonchev–Trinajstić information content (AvgIpc) is 3.09. The van der Waals surface area contributed by atoms with E-state index in [9.17, 15) is 9.59 Å². The Bertz CT molecular complexity index is 389. The van der Waals surface area contributed by atoms with E-state index < -0.39 is 11.0 Å². The van der Waals surface area contributed by atoms with E-state index >= 15 is 0 Å². The molecule has 0 aromatic rings. The van der Waals surface area contributed by atoms with E-state index in [0.717, 1.165) is 12.8 Å². The van der Waals surface area contributed by atoms with E-state index in [1.807, 2.05) is 27.7 Å². The van der Waals surface area contributed by atoms with Crippen LogP contribution in [0.5, 0.6) is 0 Å². The van der Waals surface area contributed by atoms with Gasteiger partial charge in [-0.05, 0) is 38.5 Å². The zero-order valence-corrected chi connectivity index (χ0v) is 11.8. The maximum atomic E-state index is 12.7. The zero-order valence-electron chi connectivity index (χ0n) is 11.8. The predicted molar refractivity (Wildman–Crippen MR) is 69.6 cm³/mol. The van der Waals surface area contributed by atoms with Crippen LogP contribution in [0.25, 0.3) is 0 Å². The summed E-state index contributed by atoms with van der Waals surface area (Å²) in [7, 11) is 0. The Kier molecular flexibility index (Phi) is 3.05. The highest BCUT2D eigenvalue weighted by molar-refractivity contribution is 6.06. The third-order valence-corrected chi connectivity index (χ3v) is 5.11. The van der Waals surface area contributed by atoms with Crippen LogP contribution in [0, 0.1) is 17.3 Å². The first-order valence-corrected chi connectivity index (χ1v) is 6.85. The molecule has 102 valence electrons. The highest BCUT2D eigenvalue weighted by atomic mass is 16.2. The molecule has 2 rings (SSSR count). The van der Waals surface area contributed by atoms with Gasteiger partial charge in [0.25, 0.3) is 0 Å². The fourth-order valence-electron chi connectivity index (χ4n) is 2.95. The molecular formula is C14H24N2O2. The van der Waals surface area contributed by atoms with Crippen molar-refractivity contribution in [2.24, 2.45) is 23.0 Å². The molecule has 2 N–H and O–H groups in total. The first-order chi connectivity index (χ1) is 8.27. The van der Waals surface area contributed by atoms with Crippen LogP contribution in [0.2, 0.25) is 0 Å². The lowest BCUT2D eigenvalue weighted by Crippen LogP contribution is -2.57. The molecule has 2 unspecified atom stereocenters. The van der Waals surface area contributed by atoms with Gasteiger partial charge in [-0.25, -0.2) is 0 Å². The number of hydrogen-bond donors (Lipinski definition) is 1. The molecule has 2 fully saturated rings. The molecule has 0 spiro atoms. The van der Waals surface area contributed by atoms with E-state index in [1.165, 1.54) is 4.90 Å². The largest absolute Gasteiger partial charge is 0.328 e. The highest BCUT2D eigenvalue weighted by Crippen LogP contribution is 2.48. The summed E-state index contributed by atoms with van der Waals surface area (Å²) in [5.41, 5.74) is 4.85. The van der Waals surface area contributed by atoms with Gasteiger partial charge < -0.3 is 5.73 Å². The molecule has 0 radical (unpaired) electrons. The van der Waals surface area contributed by atoms with Crippen LogP contribution in [0.15, 0.2) is 0 Å². The van der Waals surface area contributed by atoms with Gasteiger partial charge in [0.15, 0.2) is 0 Å². The van der Waals surface area contributed by atoms with Crippen molar-refractivity contribution in [3.8, 4) is 0 Å². The molecule has 0 aromatic heterocycles. The van der Waals surface area contributed by atoms with Crippen molar-refractivity contribution in [3.63, 3.8) is 0 Å². The normalized spacial score (nSPS) is 32.2. The van der Waals surface area contributed by atoms with Crippen molar-refractivity contribution < 1.29 is 9.59 Å². The Morgan fingerprint density at radius 2 is 2.00 bits per heavy atom. The molecule has 1 saturated heterocycles. The number of carbonyl (C=O) groups is 2. The number of carbonyl (C=O) groups excluding carboxylic acids is 2. The topological polar surface area (TPSA) is 63.4 Å². The van der Waals surface area contributed by atoms with Crippen molar-refractivity contribution in [3.05, 3.63) is 0 Å². The van der Waals surface area contributed by atoms with Crippen LogP contribution in [0.3, 0.4) is 0 Å². The summed E-state index contributed by atoms with van der Waals surface area (Å²) in [6.45, 7) is 8.24. The molecule has 0 bridgehead atoms. The third-order valence-electron chi connectivity index (χ3n) is 5.11. The Morgan fingerprint density at radius 3 is 2.33 bits per heavy atom. The number of likely N-dealkylation sites (tertiary alicyclic amines) is 1. The van der Waals surface area contributed by atoms with Crippen LogP contribution in [-0.4, -0.2) is 28.8 Å². The summed E-state index contributed by atoms with van der Waals surface area (Å²) in [6.07, 6.45) is 2.47. The number of nitrogens with two attached hydrogens (primary N) is 1. The van der Waals surface area contributed by atoms with Crippen LogP contribution >= 0.6 is 0 Å². The third kappa shape index (κ3) is 1.69. The van der Waals surface area contributed by atoms with Gasteiger partial charge in [0.2, 0.25) is 11.8 Å². The molecule has 4 heteroatoms. The molecule has 1 aliphatic carbocycles. The van der Waals surface area contributed by atoms with Gasteiger partial charge in [-0.1, -0.05) is 13.8 Å². The van der Waals surface area contributed by atoms with Crippen molar-refractivity contribution in [1.82, 2.24) is 4.90 Å². The second kappa shape index (κ2) is 4.05. The Hall–Kier alpha value is -0.900. The quantitative estimate of drug-likeness (QED) is 0.772. The Balaban J connectivity index is 2.35. The molecule has 1 heterocycles. The first kappa shape index (κ1) is 13.5. The average molecular weight is 252 g/mol. The van der Waals surface area contributed by atoms with Crippen LogP contribution in [0.4, 0.5) is 0 Å². The molecular weight excluding hydrogens is 228 g/mol. The van der Waals surface area contributed by atoms with Crippen molar-refractivity contribution in [2.45, 2.75) is 52.5 Å². The lowest BCUT2D eigenvalue weighted by atomic mass is 9.77. The van der Waals surface area contributed by atoms with Crippen LogP contribution < -0.4 is 5.73 Å². The van der Waals surface area contributed by atoms with Crippen molar-refractivity contribution in [1.29, 1.82) is 0 Å². The molecule has 2 amide bonds. The minimum Gasteiger partial charge on any atom is -0.328 e. The van der Waals surface area contributed by atoms with Gasteiger partial charge in [0, 0.05) is 13.0 Å². The molecule has 2 atom stereocenters. The Labute approximate surface area is 109 Å². The van der Waals surface area contributed by atoms with Gasteiger partial charge in [0.05, 0.1) is 11.0 Å². The molecule has 2 aliphatic rings. The van der Waals surface area contributed by atoms with Crippen LogP contribution in [0.1, 0.15) is 47.0 Å². The van der Waals surface area contributed by atoms with E-state index in [1.54, 1.807) is 0 Å². The lowest BCUT2D eigenvalue weighted by molar-refractivity contribution is -0.149. The first-order valence-electron chi connectivity index (χ1n) is 6.85. The fraction of sp³-hybridized carbons (Fsp3) is 0.857. The van der Waals surface area contributed by atoms with E-state index in [0.29, 0.717) is 18.9 Å². The minimum atomic E-state index is -0.553. The molecule has 0 aromatic carbocycles. The van der Waals surface area contributed by atoms with Gasteiger partial charge in [0.1, 0.15) is 0 Å². The molecule has 18 heavy (non-hydrogen) atoms. The van der Waals surface area contributed by atoms with E-state index in [4.69, 9.17) is 5.73 Å². The number of nitrogens with zero attached hydrogens (tertiary/aromatic N) is 1. The zero-order chi connectivity index (χ0) is 13.7. The van der Waals surface area contributed by atoms with Crippen molar-refractivity contribution >= 4 is 11.8 Å². The minimum absolute atomic E-state index is 0.0256. The maximum absolute atomic E-state index is 12.7. The summed E-state index contributed by atoms with van der Waals surface area (Å²) in [5.74, 6) is 0.489. The van der Waals surface area contributed by atoms with E-state index in [2.05, 4.69) is 0 Å². The molecule has 4 nitrogen and oxygen atoms in total. The fourth-order valence-corrected chi connectivity index (χ4v) is 2.95. The molecule has 1 saturated carbocycles. The summed E-state index contributed by atoms with van der Waals surface area (Å²) >= 11 is 0. The number of imide groups is 1.